The molecule has 0 radical (unpaired) electrons. The summed E-state index contributed by atoms with van der Waals surface area (Å²) in [5.41, 5.74) is 3.51. The Labute approximate surface area is 256 Å². The van der Waals surface area contributed by atoms with Gasteiger partial charge in [0.2, 0.25) is 11.8 Å². The van der Waals surface area contributed by atoms with Crippen LogP contribution in [0.15, 0.2) is 146 Å². The van der Waals surface area contributed by atoms with Crippen molar-refractivity contribution in [1.82, 2.24) is 0 Å². The molecule has 212 valence electrons. The number of hydrogen-bond donors (Lipinski definition) is 0. The van der Waals surface area contributed by atoms with Crippen molar-refractivity contribution in [2.75, 3.05) is 4.90 Å². The zero-order valence-corrected chi connectivity index (χ0v) is 24.2. The number of rotatable bonds is 5. The third kappa shape index (κ3) is 3.20. The van der Waals surface area contributed by atoms with Crippen LogP contribution in [0.1, 0.15) is 27.8 Å². The van der Waals surface area contributed by atoms with Crippen molar-refractivity contribution in [2.45, 2.75) is 17.8 Å². The summed E-state index contributed by atoms with van der Waals surface area (Å²) in [6, 6.07) is 46.6. The second-order valence-corrected chi connectivity index (χ2v) is 12.0. The van der Waals surface area contributed by atoms with Gasteiger partial charge in [0.15, 0.2) is 5.78 Å². The number of nitrogens with zero attached hydrogens (tertiary/aromatic N) is 1. The summed E-state index contributed by atoms with van der Waals surface area (Å²) in [7, 11) is 0. The third-order valence-corrected chi connectivity index (χ3v) is 9.84. The first-order chi connectivity index (χ1) is 21.5. The second kappa shape index (κ2) is 9.58. The molecule has 4 heteroatoms. The van der Waals surface area contributed by atoms with E-state index < -0.39 is 22.7 Å². The standard InChI is InChI=1S/C40H29NO3/c1-26-15-14-24-31(25-26)41-36(42)34-35(37(41)43)40(30-22-12-5-13-23-30)33(28-18-8-3-9-19-28)32(27-16-6-2-7-17-27)39(34,38(40)44)29-20-10-4-11-21-29/h2-25,34-35H,1H3/t34-,35-,39+,40+/m1/s1. The molecule has 1 aliphatic heterocycles. The highest BCUT2D eigenvalue weighted by Crippen LogP contribution is 2.74. The zero-order chi connectivity index (χ0) is 30.1. The van der Waals surface area contributed by atoms with Gasteiger partial charge in [-0.25, -0.2) is 4.90 Å². The van der Waals surface area contributed by atoms with E-state index in [1.54, 1.807) is 0 Å². The zero-order valence-electron chi connectivity index (χ0n) is 24.2. The van der Waals surface area contributed by atoms with Crippen LogP contribution in [0.2, 0.25) is 0 Å². The number of Topliss-reactive ketones (excluding diaryl/α,β-unsaturated/α-hetero) is 1. The van der Waals surface area contributed by atoms with Gasteiger partial charge >= 0.3 is 0 Å². The highest BCUT2D eigenvalue weighted by atomic mass is 16.2. The maximum atomic E-state index is 15.8. The summed E-state index contributed by atoms with van der Waals surface area (Å²) in [4.78, 5) is 47.1. The van der Waals surface area contributed by atoms with E-state index in [4.69, 9.17) is 0 Å². The lowest BCUT2D eigenvalue weighted by atomic mass is 9.59. The minimum absolute atomic E-state index is 0.110. The van der Waals surface area contributed by atoms with Gasteiger partial charge < -0.3 is 0 Å². The lowest BCUT2D eigenvalue weighted by molar-refractivity contribution is -0.130. The van der Waals surface area contributed by atoms with Crippen molar-refractivity contribution in [3.63, 3.8) is 0 Å². The number of imide groups is 1. The van der Waals surface area contributed by atoms with Crippen LogP contribution in [0.5, 0.6) is 0 Å². The Morgan fingerprint density at radius 2 is 0.909 bits per heavy atom. The minimum Gasteiger partial charge on any atom is -0.297 e. The normalized spacial score (nSPS) is 25.6. The summed E-state index contributed by atoms with van der Waals surface area (Å²) < 4.78 is 0. The van der Waals surface area contributed by atoms with Crippen LogP contribution in [0.3, 0.4) is 0 Å². The van der Waals surface area contributed by atoms with Crippen LogP contribution in [0.25, 0.3) is 11.1 Å². The molecule has 1 heterocycles. The van der Waals surface area contributed by atoms with Crippen LogP contribution < -0.4 is 4.90 Å². The van der Waals surface area contributed by atoms with Gasteiger partial charge in [-0.2, -0.15) is 0 Å². The molecule has 5 aromatic rings. The largest absolute Gasteiger partial charge is 0.297 e. The molecule has 2 bridgehead atoms. The van der Waals surface area contributed by atoms with Crippen LogP contribution in [-0.2, 0) is 25.2 Å². The van der Waals surface area contributed by atoms with Gasteiger partial charge in [-0.15, -0.1) is 0 Å². The SMILES string of the molecule is Cc1cccc(N2C(=O)[C@H]3[C@H](C2=O)[C@@]2(c4ccccc4)C(=O)[C@@]3(c3ccccc3)C(c3ccccc3)=C2c2ccccc2)c1. The Balaban J connectivity index is 1.56. The maximum Gasteiger partial charge on any atom is 0.239 e. The van der Waals surface area contributed by atoms with Crippen LogP contribution in [0.4, 0.5) is 5.69 Å². The lowest BCUT2D eigenvalue weighted by Crippen LogP contribution is -2.45. The van der Waals surface area contributed by atoms with Crippen molar-refractivity contribution in [1.29, 1.82) is 0 Å². The van der Waals surface area contributed by atoms with E-state index in [2.05, 4.69) is 0 Å². The predicted molar refractivity (Wildman–Crippen MR) is 172 cm³/mol. The van der Waals surface area contributed by atoms with Gasteiger partial charge in [0.1, 0.15) is 0 Å². The molecular weight excluding hydrogens is 542 g/mol. The highest BCUT2D eigenvalue weighted by molar-refractivity contribution is 6.39. The van der Waals surface area contributed by atoms with Crippen LogP contribution in [0, 0.1) is 18.8 Å². The monoisotopic (exact) mass is 571 g/mol. The molecule has 4 atom stereocenters. The average molecular weight is 572 g/mol. The van der Waals surface area contributed by atoms with Gasteiger partial charge in [-0.05, 0) is 58.0 Å². The van der Waals surface area contributed by atoms with Crippen LogP contribution >= 0.6 is 0 Å². The van der Waals surface area contributed by atoms with Crippen molar-refractivity contribution in [3.05, 3.63) is 173 Å². The molecule has 2 fully saturated rings. The second-order valence-electron chi connectivity index (χ2n) is 12.0. The first-order valence-corrected chi connectivity index (χ1v) is 15.0. The Bertz CT molecular complexity index is 1860. The summed E-state index contributed by atoms with van der Waals surface area (Å²) in [6.07, 6.45) is 0. The van der Waals surface area contributed by atoms with Gasteiger partial charge in [-0.3, -0.25) is 14.4 Å². The van der Waals surface area contributed by atoms with Gasteiger partial charge in [0.05, 0.1) is 28.4 Å². The van der Waals surface area contributed by atoms with E-state index in [1.165, 1.54) is 4.90 Å². The summed E-state index contributed by atoms with van der Waals surface area (Å²) in [5.74, 6) is -2.62. The molecule has 44 heavy (non-hydrogen) atoms. The highest BCUT2D eigenvalue weighted by Gasteiger charge is 2.82. The van der Waals surface area contributed by atoms with E-state index >= 15 is 4.79 Å². The van der Waals surface area contributed by atoms with Crippen molar-refractivity contribution < 1.29 is 14.4 Å². The summed E-state index contributed by atoms with van der Waals surface area (Å²) in [6.45, 7) is 1.95. The fourth-order valence-corrected chi connectivity index (χ4v) is 8.36. The van der Waals surface area contributed by atoms with Crippen molar-refractivity contribution >= 4 is 34.4 Å². The quantitative estimate of drug-likeness (QED) is 0.210. The molecule has 2 amide bonds. The molecular formula is C40H29NO3. The number of amides is 2. The number of carbonyl (C=O) groups is 3. The number of benzene rings is 5. The number of hydrogen-bond acceptors (Lipinski definition) is 3. The van der Waals surface area contributed by atoms with E-state index in [-0.39, 0.29) is 17.6 Å². The fraction of sp³-hybridized carbons (Fsp3) is 0.125. The number of anilines is 1. The summed E-state index contributed by atoms with van der Waals surface area (Å²) >= 11 is 0. The van der Waals surface area contributed by atoms with Crippen molar-refractivity contribution in [3.8, 4) is 0 Å². The van der Waals surface area contributed by atoms with E-state index in [0.29, 0.717) is 5.69 Å². The van der Waals surface area contributed by atoms with E-state index in [9.17, 15) is 9.59 Å². The number of ketones is 1. The average Bonchev–Trinajstić information content (AvgIpc) is 3.58. The number of fused-ring (bicyclic) bond motifs is 5. The number of allylic oxidation sites excluding steroid dienone is 2. The molecule has 5 aromatic carbocycles. The van der Waals surface area contributed by atoms with Crippen molar-refractivity contribution in [2.24, 2.45) is 11.8 Å². The van der Waals surface area contributed by atoms with Gasteiger partial charge in [-0.1, -0.05) is 133 Å². The first kappa shape index (κ1) is 26.3. The van der Waals surface area contributed by atoms with Gasteiger partial charge in [0, 0.05) is 0 Å². The molecule has 8 rings (SSSR count). The Kier molecular flexibility index (Phi) is 5.73. The molecule has 1 saturated carbocycles. The molecule has 0 aromatic heterocycles. The third-order valence-electron chi connectivity index (χ3n) is 9.84. The molecule has 2 aliphatic carbocycles. The van der Waals surface area contributed by atoms with Crippen LogP contribution in [-0.4, -0.2) is 17.6 Å². The van der Waals surface area contributed by atoms with E-state index in [1.807, 2.05) is 153 Å². The van der Waals surface area contributed by atoms with E-state index in [0.717, 1.165) is 39.0 Å². The molecule has 4 nitrogen and oxygen atoms in total. The Morgan fingerprint density at radius 1 is 0.500 bits per heavy atom. The first-order valence-electron chi connectivity index (χ1n) is 15.0. The topological polar surface area (TPSA) is 54.5 Å². The molecule has 0 N–H and O–H groups in total. The predicted octanol–water partition coefficient (Wildman–Crippen LogP) is 7.18. The molecule has 0 spiro atoms. The fourth-order valence-electron chi connectivity index (χ4n) is 8.36. The minimum atomic E-state index is -1.39. The Hall–Kier alpha value is -5.35. The lowest BCUT2D eigenvalue weighted by Gasteiger charge is -2.39. The Morgan fingerprint density at radius 3 is 1.32 bits per heavy atom. The maximum absolute atomic E-state index is 15.8. The van der Waals surface area contributed by atoms with Gasteiger partial charge in [0.25, 0.3) is 0 Å². The molecule has 3 aliphatic rings. The molecule has 0 unspecified atom stereocenters. The summed E-state index contributed by atoms with van der Waals surface area (Å²) in [5, 5.41) is 0. The number of carbonyl (C=O) groups excluding carboxylic acids is 3. The molecule has 1 saturated heterocycles. The smallest absolute Gasteiger partial charge is 0.239 e. The number of aryl methyl sites for hydroxylation is 1.